The van der Waals surface area contributed by atoms with Crippen LogP contribution in [0.4, 0.5) is 0 Å². The number of nitrogens with zero attached hydrogens (tertiary/aromatic N) is 1. The number of ether oxygens (including phenoxy) is 1. The van der Waals surface area contributed by atoms with Gasteiger partial charge in [-0.05, 0) is 53.4 Å². The highest BCUT2D eigenvalue weighted by Crippen LogP contribution is 2.41. The lowest BCUT2D eigenvalue weighted by molar-refractivity contribution is -0.142. The summed E-state index contributed by atoms with van der Waals surface area (Å²) in [5.41, 5.74) is 0. The van der Waals surface area contributed by atoms with E-state index >= 15 is 0 Å². The van der Waals surface area contributed by atoms with Gasteiger partial charge in [-0.15, -0.1) is 0 Å². The number of carboxylic acids is 1. The molecular formula is C15H17BrClNO3. The molecule has 1 aromatic carbocycles. The minimum atomic E-state index is -0.659. The van der Waals surface area contributed by atoms with E-state index in [1.165, 1.54) is 0 Å². The second-order valence-corrected chi connectivity index (χ2v) is 6.93. The lowest BCUT2D eigenvalue weighted by atomic mass is 9.89. The van der Waals surface area contributed by atoms with Crippen LogP contribution in [-0.2, 0) is 4.79 Å². The number of hydrogen-bond donors (Lipinski definition) is 1. The molecule has 0 saturated carbocycles. The Morgan fingerprint density at radius 1 is 1.48 bits per heavy atom. The number of benzene rings is 1. The van der Waals surface area contributed by atoms with Crippen molar-refractivity contribution in [2.75, 3.05) is 13.2 Å². The first kappa shape index (κ1) is 15.1. The van der Waals surface area contributed by atoms with Crippen LogP contribution in [0.15, 0.2) is 22.7 Å². The number of fused-ring (bicyclic) bond motifs is 2. The van der Waals surface area contributed by atoms with Gasteiger partial charge in [0.15, 0.2) is 0 Å². The van der Waals surface area contributed by atoms with Gasteiger partial charge in [0.1, 0.15) is 12.4 Å². The Balaban J connectivity index is 1.55. The Kier molecular flexibility index (Phi) is 4.43. The van der Waals surface area contributed by atoms with E-state index in [0.717, 1.165) is 36.0 Å². The first-order valence-electron chi connectivity index (χ1n) is 7.12. The van der Waals surface area contributed by atoms with Crippen molar-refractivity contribution in [3.8, 4) is 5.75 Å². The van der Waals surface area contributed by atoms with Gasteiger partial charge in [-0.3, -0.25) is 9.69 Å². The fraction of sp³-hybridized carbons (Fsp3) is 0.533. The summed E-state index contributed by atoms with van der Waals surface area (Å²) in [4.78, 5) is 13.5. The minimum absolute atomic E-state index is 0.185. The SMILES string of the molecule is O=C(O)C1CC2CCC1N2CCOc1ccc(Cl)cc1Br. The van der Waals surface area contributed by atoms with Gasteiger partial charge in [0.05, 0.1) is 10.4 Å². The van der Waals surface area contributed by atoms with Crippen molar-refractivity contribution in [1.82, 2.24) is 4.90 Å². The van der Waals surface area contributed by atoms with Crippen molar-refractivity contribution in [3.05, 3.63) is 27.7 Å². The lowest BCUT2D eigenvalue weighted by Crippen LogP contribution is -2.35. The summed E-state index contributed by atoms with van der Waals surface area (Å²) in [5, 5.41) is 9.91. The van der Waals surface area contributed by atoms with Crippen LogP contribution in [0.25, 0.3) is 0 Å². The number of halogens is 2. The van der Waals surface area contributed by atoms with E-state index in [-0.39, 0.29) is 12.0 Å². The fourth-order valence-corrected chi connectivity index (χ4v) is 4.37. The lowest BCUT2D eigenvalue weighted by Gasteiger charge is -2.22. The molecule has 2 aliphatic rings. The van der Waals surface area contributed by atoms with E-state index in [4.69, 9.17) is 16.3 Å². The van der Waals surface area contributed by atoms with Crippen LogP contribution >= 0.6 is 27.5 Å². The van der Waals surface area contributed by atoms with Crippen molar-refractivity contribution < 1.29 is 14.6 Å². The maximum Gasteiger partial charge on any atom is 0.308 e. The molecule has 2 fully saturated rings. The Morgan fingerprint density at radius 3 is 2.95 bits per heavy atom. The van der Waals surface area contributed by atoms with Gasteiger partial charge in [-0.1, -0.05) is 11.6 Å². The normalized spacial score (nSPS) is 28.0. The highest BCUT2D eigenvalue weighted by Gasteiger charge is 2.48. The van der Waals surface area contributed by atoms with E-state index in [1.54, 1.807) is 12.1 Å². The first-order chi connectivity index (χ1) is 10.1. The smallest absolute Gasteiger partial charge is 0.308 e. The van der Waals surface area contributed by atoms with Gasteiger partial charge in [-0.2, -0.15) is 0 Å². The molecule has 3 unspecified atom stereocenters. The van der Waals surface area contributed by atoms with Gasteiger partial charge < -0.3 is 9.84 Å². The topological polar surface area (TPSA) is 49.8 Å². The molecule has 0 amide bonds. The number of hydrogen-bond acceptors (Lipinski definition) is 3. The molecule has 0 aliphatic carbocycles. The predicted octanol–water partition coefficient (Wildman–Crippen LogP) is 3.42. The summed E-state index contributed by atoms with van der Waals surface area (Å²) in [5.74, 6) is -0.0969. The zero-order valence-electron chi connectivity index (χ0n) is 11.5. The summed E-state index contributed by atoms with van der Waals surface area (Å²) >= 11 is 9.32. The molecule has 2 heterocycles. The summed E-state index contributed by atoms with van der Waals surface area (Å²) in [6.45, 7) is 1.33. The predicted molar refractivity (Wildman–Crippen MR) is 83.9 cm³/mol. The Labute approximate surface area is 137 Å². The maximum atomic E-state index is 11.2. The van der Waals surface area contributed by atoms with Gasteiger partial charge in [0.2, 0.25) is 0 Å². The molecule has 1 aromatic rings. The number of aliphatic carboxylic acids is 1. The van der Waals surface area contributed by atoms with Crippen LogP contribution in [-0.4, -0.2) is 41.2 Å². The van der Waals surface area contributed by atoms with Crippen LogP contribution in [0.3, 0.4) is 0 Å². The molecule has 1 N–H and O–H groups in total. The minimum Gasteiger partial charge on any atom is -0.491 e. The summed E-state index contributed by atoms with van der Waals surface area (Å²) < 4.78 is 6.62. The van der Waals surface area contributed by atoms with Gasteiger partial charge in [-0.25, -0.2) is 0 Å². The molecule has 3 atom stereocenters. The molecule has 0 radical (unpaired) electrons. The number of rotatable bonds is 5. The van der Waals surface area contributed by atoms with Crippen molar-refractivity contribution >= 4 is 33.5 Å². The molecule has 2 saturated heterocycles. The van der Waals surface area contributed by atoms with E-state index in [0.29, 0.717) is 17.7 Å². The quantitative estimate of drug-likeness (QED) is 0.858. The zero-order valence-corrected chi connectivity index (χ0v) is 13.8. The van der Waals surface area contributed by atoms with E-state index in [9.17, 15) is 9.90 Å². The van der Waals surface area contributed by atoms with Crippen molar-refractivity contribution in [2.24, 2.45) is 5.92 Å². The average molecular weight is 375 g/mol. The fourth-order valence-electron chi connectivity index (χ4n) is 3.57. The van der Waals surface area contributed by atoms with Gasteiger partial charge in [0, 0.05) is 23.7 Å². The second kappa shape index (κ2) is 6.15. The molecule has 3 rings (SSSR count). The molecule has 0 spiro atoms. The van der Waals surface area contributed by atoms with Crippen LogP contribution in [0, 0.1) is 5.92 Å². The van der Waals surface area contributed by atoms with Gasteiger partial charge >= 0.3 is 5.97 Å². The standard InChI is InChI=1S/C15H17BrClNO3/c16-12-7-9(17)1-4-14(12)21-6-5-18-10-2-3-13(18)11(8-10)15(19)20/h1,4,7,10-11,13H,2-3,5-6,8H2,(H,19,20). The first-order valence-corrected chi connectivity index (χ1v) is 8.30. The largest absolute Gasteiger partial charge is 0.491 e. The Hall–Kier alpha value is -0.780. The molecule has 2 bridgehead atoms. The van der Waals surface area contributed by atoms with Crippen molar-refractivity contribution in [1.29, 1.82) is 0 Å². The van der Waals surface area contributed by atoms with E-state index < -0.39 is 5.97 Å². The summed E-state index contributed by atoms with van der Waals surface area (Å²) in [7, 11) is 0. The number of carboxylic acid groups (broad SMARTS) is 1. The number of carbonyl (C=O) groups is 1. The van der Waals surface area contributed by atoms with E-state index in [2.05, 4.69) is 20.8 Å². The maximum absolute atomic E-state index is 11.2. The third-order valence-electron chi connectivity index (χ3n) is 4.50. The van der Waals surface area contributed by atoms with Crippen LogP contribution < -0.4 is 4.74 Å². The van der Waals surface area contributed by atoms with Crippen molar-refractivity contribution in [2.45, 2.75) is 31.3 Å². The Bertz CT molecular complexity index is 554. The highest BCUT2D eigenvalue weighted by molar-refractivity contribution is 9.10. The monoisotopic (exact) mass is 373 g/mol. The highest BCUT2D eigenvalue weighted by atomic mass is 79.9. The third kappa shape index (κ3) is 3.05. The van der Waals surface area contributed by atoms with Gasteiger partial charge in [0.25, 0.3) is 0 Å². The molecule has 2 aliphatic heterocycles. The third-order valence-corrected chi connectivity index (χ3v) is 5.35. The van der Waals surface area contributed by atoms with Crippen LogP contribution in [0.2, 0.25) is 5.02 Å². The molecular weight excluding hydrogens is 358 g/mol. The summed E-state index contributed by atoms with van der Waals surface area (Å²) in [6.07, 6.45) is 2.88. The Morgan fingerprint density at radius 2 is 2.29 bits per heavy atom. The molecule has 6 heteroatoms. The average Bonchev–Trinajstić information content (AvgIpc) is 2.98. The van der Waals surface area contributed by atoms with Crippen LogP contribution in [0.5, 0.6) is 5.75 Å². The van der Waals surface area contributed by atoms with E-state index in [1.807, 2.05) is 6.07 Å². The molecule has 21 heavy (non-hydrogen) atoms. The van der Waals surface area contributed by atoms with Crippen molar-refractivity contribution in [3.63, 3.8) is 0 Å². The zero-order chi connectivity index (χ0) is 15.0. The molecule has 4 nitrogen and oxygen atoms in total. The molecule has 114 valence electrons. The second-order valence-electron chi connectivity index (χ2n) is 5.64. The van der Waals surface area contributed by atoms with Crippen LogP contribution in [0.1, 0.15) is 19.3 Å². The molecule has 0 aromatic heterocycles. The summed E-state index contributed by atoms with van der Waals surface area (Å²) in [6, 6.07) is 6.03.